The van der Waals surface area contributed by atoms with Crippen LogP contribution in [0.4, 0.5) is 10.5 Å². The van der Waals surface area contributed by atoms with Gasteiger partial charge in [0, 0.05) is 5.92 Å². The van der Waals surface area contributed by atoms with Crippen LogP contribution in [0.2, 0.25) is 0 Å². The molecule has 1 unspecified atom stereocenters. The molecular weight excluding hydrogens is 442 g/mol. The number of ether oxygens (including phenoxy) is 3. The Balaban J connectivity index is 1.16. The lowest BCUT2D eigenvalue weighted by atomic mass is 9.84. The predicted octanol–water partition coefficient (Wildman–Crippen LogP) is 4.03. The molecule has 0 saturated heterocycles. The monoisotopic (exact) mass is 459 g/mol. The number of oxazole rings is 1. The van der Waals surface area contributed by atoms with E-state index in [2.05, 4.69) is 27.3 Å². The number of nitrogens with one attached hydrogen (secondary N) is 1. The summed E-state index contributed by atoms with van der Waals surface area (Å²) in [5.74, 6) is 6.21. The fourth-order valence-electron chi connectivity index (χ4n) is 3.85. The van der Waals surface area contributed by atoms with Gasteiger partial charge in [-0.25, -0.2) is 4.79 Å². The van der Waals surface area contributed by atoms with Crippen molar-refractivity contribution in [2.24, 2.45) is 5.41 Å². The molecule has 1 fully saturated rings. The number of nitrogens with zero attached hydrogens (tertiary/aromatic N) is 2. The Kier molecular flexibility index (Phi) is 4.29. The standard InChI is InChI=1S/C24H17N3O7/c1-12-17(26-23(29)30-13(2)14-6-4-3-5-7-14)15(34-27-12)8-9-16-25-21-22(31-16)33-20-18(32-21)19(28)24(20)10-11-24/h3-7,13H,10-11H2,1-2H3,(H,26,29). The van der Waals surface area contributed by atoms with Gasteiger partial charge in [0.25, 0.3) is 5.89 Å². The third-order valence-corrected chi connectivity index (χ3v) is 5.92. The van der Waals surface area contributed by atoms with Gasteiger partial charge in [-0.2, -0.15) is 4.98 Å². The molecule has 10 heteroatoms. The van der Waals surface area contributed by atoms with Gasteiger partial charge in [0.2, 0.25) is 17.3 Å². The van der Waals surface area contributed by atoms with E-state index in [0.717, 1.165) is 18.4 Å². The molecule has 0 bridgehead atoms. The summed E-state index contributed by atoms with van der Waals surface area (Å²) in [4.78, 5) is 28.7. The number of Topliss-reactive ketones (excluding diaryl/α,β-unsaturated/α-hetero) is 1. The Morgan fingerprint density at radius 3 is 2.76 bits per heavy atom. The minimum Gasteiger partial charge on any atom is -0.441 e. The summed E-state index contributed by atoms with van der Waals surface area (Å²) in [5, 5.41) is 6.47. The first-order valence-corrected chi connectivity index (χ1v) is 10.6. The number of hydrogen-bond donors (Lipinski definition) is 1. The van der Waals surface area contributed by atoms with E-state index < -0.39 is 17.6 Å². The van der Waals surface area contributed by atoms with Gasteiger partial charge in [-0.3, -0.25) is 10.1 Å². The second kappa shape index (κ2) is 7.25. The van der Waals surface area contributed by atoms with Crippen molar-refractivity contribution >= 4 is 17.6 Å². The smallest absolute Gasteiger partial charge is 0.412 e. The van der Waals surface area contributed by atoms with Crippen LogP contribution in [0.1, 0.15) is 48.8 Å². The average molecular weight is 459 g/mol. The third-order valence-electron chi connectivity index (χ3n) is 5.92. The molecule has 3 aromatic rings. The molecule has 1 spiro atoms. The Hall–Kier alpha value is -4.52. The van der Waals surface area contributed by atoms with Crippen molar-refractivity contribution in [3.8, 4) is 23.7 Å². The first-order chi connectivity index (χ1) is 16.4. The highest BCUT2D eigenvalue weighted by Gasteiger charge is 2.67. The molecule has 3 heterocycles. The molecule has 1 N–H and O–H groups in total. The summed E-state index contributed by atoms with van der Waals surface area (Å²) in [5.41, 5.74) is 1.02. The van der Waals surface area contributed by atoms with E-state index in [1.165, 1.54) is 0 Å². The summed E-state index contributed by atoms with van der Waals surface area (Å²) < 4.78 is 27.4. The molecule has 0 radical (unpaired) electrons. The van der Waals surface area contributed by atoms with Crippen molar-refractivity contribution in [3.05, 3.63) is 64.8 Å². The maximum atomic E-state index is 12.4. The number of aryl methyl sites for hydroxylation is 1. The second-order valence-corrected chi connectivity index (χ2v) is 8.19. The van der Waals surface area contributed by atoms with Gasteiger partial charge in [0.15, 0.2) is 5.76 Å². The molecule has 1 saturated carbocycles. The van der Waals surface area contributed by atoms with Crippen LogP contribution in [0, 0.1) is 24.2 Å². The van der Waals surface area contributed by atoms with E-state index in [1.54, 1.807) is 13.8 Å². The quantitative estimate of drug-likeness (QED) is 0.578. The fourth-order valence-corrected chi connectivity index (χ4v) is 3.85. The van der Waals surface area contributed by atoms with Crippen LogP contribution in [0.5, 0.6) is 11.8 Å². The number of allylic oxidation sites excluding steroid dienone is 2. The number of ketones is 1. The highest BCUT2D eigenvalue weighted by molar-refractivity contribution is 6.10. The van der Waals surface area contributed by atoms with Gasteiger partial charge in [0.1, 0.15) is 17.5 Å². The van der Waals surface area contributed by atoms with E-state index in [-0.39, 0.29) is 40.7 Å². The minimum atomic E-state index is -0.678. The van der Waals surface area contributed by atoms with Gasteiger partial charge in [0.05, 0.1) is 5.41 Å². The number of anilines is 1. The Morgan fingerprint density at radius 2 is 2.00 bits per heavy atom. The number of benzene rings is 1. The normalized spacial score (nSPS) is 17.3. The second-order valence-electron chi connectivity index (χ2n) is 8.19. The van der Waals surface area contributed by atoms with E-state index in [9.17, 15) is 9.59 Å². The van der Waals surface area contributed by atoms with Crippen molar-refractivity contribution < 1.29 is 32.7 Å². The zero-order valence-electron chi connectivity index (χ0n) is 18.1. The molecule has 1 amide bonds. The molecule has 1 atom stereocenters. The number of carbonyl (C=O) groups excluding carboxylic acids is 2. The van der Waals surface area contributed by atoms with Gasteiger partial charge in [-0.05, 0) is 38.2 Å². The number of hydrogen-bond acceptors (Lipinski definition) is 9. The van der Waals surface area contributed by atoms with Crippen LogP contribution < -0.4 is 14.8 Å². The lowest BCUT2D eigenvalue weighted by Crippen LogP contribution is -2.40. The van der Waals surface area contributed by atoms with Gasteiger partial charge >= 0.3 is 17.9 Å². The number of carbonyl (C=O) groups is 2. The van der Waals surface area contributed by atoms with Crippen molar-refractivity contribution in [2.45, 2.75) is 32.8 Å². The number of aromatic nitrogens is 2. The summed E-state index contributed by atoms with van der Waals surface area (Å²) in [6.07, 6.45) is 0.360. The lowest BCUT2D eigenvalue weighted by molar-refractivity contribution is -0.127. The van der Waals surface area contributed by atoms with Crippen LogP contribution in [0.3, 0.4) is 0 Å². The van der Waals surface area contributed by atoms with Gasteiger partial charge < -0.3 is 23.2 Å². The molecule has 2 aliphatic carbocycles. The molecule has 170 valence electrons. The first-order valence-electron chi connectivity index (χ1n) is 10.6. The largest absolute Gasteiger partial charge is 0.441 e. The minimum absolute atomic E-state index is 0.00919. The van der Waals surface area contributed by atoms with Crippen molar-refractivity contribution in [2.75, 3.05) is 5.32 Å². The Bertz CT molecular complexity index is 1430. The first kappa shape index (κ1) is 20.1. The van der Waals surface area contributed by atoms with Crippen LogP contribution in [0.15, 0.2) is 50.8 Å². The number of rotatable bonds is 3. The van der Waals surface area contributed by atoms with Gasteiger partial charge in [-0.1, -0.05) is 35.5 Å². The SMILES string of the molecule is Cc1noc(C#Cc2nc3c(o2)OC2=C(O3)C(=O)C23CC3)c1NC(=O)OC(C)c1ccccc1. The highest BCUT2D eigenvalue weighted by atomic mass is 16.6. The molecular formula is C24H17N3O7. The van der Waals surface area contributed by atoms with Crippen molar-refractivity contribution in [3.63, 3.8) is 0 Å². The van der Waals surface area contributed by atoms with Crippen molar-refractivity contribution in [1.82, 2.24) is 10.1 Å². The average Bonchev–Trinajstić information content (AvgIpc) is 3.49. The molecule has 1 aromatic carbocycles. The zero-order chi connectivity index (χ0) is 23.4. The highest BCUT2D eigenvalue weighted by Crippen LogP contribution is 2.63. The topological polar surface area (TPSA) is 126 Å². The summed E-state index contributed by atoms with van der Waals surface area (Å²) in [6.45, 7) is 3.43. The van der Waals surface area contributed by atoms with E-state index in [1.807, 2.05) is 30.3 Å². The molecule has 3 aliphatic rings. The van der Waals surface area contributed by atoms with Crippen molar-refractivity contribution in [1.29, 1.82) is 0 Å². The fraction of sp³-hybridized carbons (Fsp3) is 0.250. The maximum Gasteiger partial charge on any atom is 0.412 e. The van der Waals surface area contributed by atoms with E-state index in [0.29, 0.717) is 11.5 Å². The molecule has 1 aliphatic heterocycles. The molecule has 34 heavy (non-hydrogen) atoms. The molecule has 2 aromatic heterocycles. The summed E-state index contributed by atoms with van der Waals surface area (Å²) in [7, 11) is 0. The Labute approximate surface area is 192 Å². The molecule has 6 rings (SSSR count). The third kappa shape index (κ3) is 3.13. The van der Waals surface area contributed by atoms with E-state index in [4.69, 9.17) is 23.2 Å². The van der Waals surface area contributed by atoms with Gasteiger partial charge in [-0.15, -0.1) is 0 Å². The molecule has 10 nitrogen and oxygen atoms in total. The van der Waals surface area contributed by atoms with Crippen LogP contribution in [0.25, 0.3) is 0 Å². The number of fused-ring (bicyclic) bond motifs is 2. The lowest BCUT2D eigenvalue weighted by Gasteiger charge is -2.31. The number of amides is 1. The zero-order valence-corrected chi connectivity index (χ0v) is 18.1. The maximum absolute atomic E-state index is 12.4. The van der Waals surface area contributed by atoms with Crippen LogP contribution in [-0.4, -0.2) is 22.0 Å². The Morgan fingerprint density at radius 1 is 1.21 bits per heavy atom. The van der Waals surface area contributed by atoms with E-state index >= 15 is 0 Å². The summed E-state index contributed by atoms with van der Waals surface area (Å²) in [6, 6.07) is 9.35. The predicted molar refractivity (Wildman–Crippen MR) is 114 cm³/mol. The summed E-state index contributed by atoms with van der Waals surface area (Å²) >= 11 is 0. The van der Waals surface area contributed by atoms with Crippen LogP contribution >= 0.6 is 0 Å². The van der Waals surface area contributed by atoms with Crippen LogP contribution in [-0.2, 0) is 9.53 Å².